The van der Waals surface area contributed by atoms with E-state index in [0.717, 1.165) is 25.7 Å². The van der Waals surface area contributed by atoms with Crippen LogP contribution in [0.15, 0.2) is 0 Å². The first-order valence-electron chi connectivity index (χ1n) is 7.02. The van der Waals surface area contributed by atoms with E-state index in [0.29, 0.717) is 19.1 Å². The maximum atomic E-state index is 11.2. The van der Waals surface area contributed by atoms with Crippen molar-refractivity contribution in [3.8, 4) is 0 Å². The van der Waals surface area contributed by atoms with Gasteiger partial charge in [0.1, 0.15) is 0 Å². The molecule has 1 unspecified atom stereocenters. The van der Waals surface area contributed by atoms with Crippen molar-refractivity contribution in [2.24, 2.45) is 11.3 Å². The number of hydrogen-bond donors (Lipinski definition) is 0. The minimum atomic E-state index is -0.858. The predicted molar refractivity (Wildman–Crippen MR) is 72.2 cm³/mol. The normalized spacial score (nSPS) is 13.1. The molecule has 5 nitrogen and oxygen atoms in total. The minimum absolute atomic E-state index is 0.0548. The van der Waals surface area contributed by atoms with Crippen LogP contribution in [-0.4, -0.2) is 19.4 Å². The van der Waals surface area contributed by atoms with Gasteiger partial charge in [0.15, 0.2) is 0 Å². The smallest absolute Gasteiger partial charge is 0.432 e. The van der Waals surface area contributed by atoms with Gasteiger partial charge in [0.2, 0.25) is 0 Å². The fourth-order valence-electron chi connectivity index (χ4n) is 1.36. The van der Waals surface area contributed by atoms with Gasteiger partial charge in [-0.1, -0.05) is 53.9 Å². The highest BCUT2D eigenvalue weighted by Crippen LogP contribution is 2.14. The third kappa shape index (κ3) is 12.0. The van der Waals surface area contributed by atoms with E-state index in [1.165, 1.54) is 0 Å². The summed E-state index contributed by atoms with van der Waals surface area (Å²) >= 11 is 0. The van der Waals surface area contributed by atoms with Gasteiger partial charge in [0.05, 0.1) is 13.2 Å². The number of hydrogen-bond acceptors (Lipinski definition) is 5. The maximum absolute atomic E-state index is 11.2. The van der Waals surface area contributed by atoms with Gasteiger partial charge in [-0.15, -0.1) is 0 Å². The minimum Gasteiger partial charge on any atom is -0.432 e. The van der Waals surface area contributed by atoms with Crippen LogP contribution in [0.1, 0.15) is 60.3 Å². The quantitative estimate of drug-likeness (QED) is 0.272. The van der Waals surface area contributed by atoms with Crippen molar-refractivity contribution in [3.05, 3.63) is 0 Å². The molecule has 0 saturated heterocycles. The molecule has 0 aliphatic rings. The molecule has 0 spiro atoms. The average Bonchev–Trinajstić information content (AvgIpc) is 2.34. The van der Waals surface area contributed by atoms with Crippen LogP contribution in [0.5, 0.6) is 0 Å². The Kier molecular flexibility index (Phi) is 9.61. The van der Waals surface area contributed by atoms with Crippen LogP contribution in [0.3, 0.4) is 0 Å². The number of carbonyl (C=O) groups excluding carboxylic acids is 1. The highest BCUT2D eigenvalue weighted by atomic mass is 17.5. The molecule has 0 aliphatic carbocycles. The lowest BCUT2D eigenvalue weighted by molar-refractivity contribution is -0.491. The summed E-state index contributed by atoms with van der Waals surface area (Å²) < 4.78 is 4.96. The predicted octanol–water partition coefficient (Wildman–Crippen LogP) is 4.27. The van der Waals surface area contributed by atoms with Gasteiger partial charge in [-0.2, -0.15) is 4.89 Å². The topological polar surface area (TPSA) is 54.0 Å². The lowest BCUT2D eigenvalue weighted by atomic mass is 9.99. The van der Waals surface area contributed by atoms with Gasteiger partial charge in [-0.25, -0.2) is 9.68 Å². The van der Waals surface area contributed by atoms with Crippen LogP contribution in [0.2, 0.25) is 0 Å². The monoisotopic (exact) mass is 276 g/mol. The van der Waals surface area contributed by atoms with Gasteiger partial charge in [0, 0.05) is 0 Å². The van der Waals surface area contributed by atoms with Gasteiger partial charge in [-0.3, -0.25) is 0 Å². The van der Waals surface area contributed by atoms with Gasteiger partial charge >= 0.3 is 6.16 Å². The van der Waals surface area contributed by atoms with Crippen molar-refractivity contribution < 1.29 is 24.3 Å². The first-order chi connectivity index (χ1) is 8.89. The second-order valence-electron chi connectivity index (χ2n) is 5.95. The van der Waals surface area contributed by atoms with Crippen molar-refractivity contribution in [1.82, 2.24) is 0 Å². The molecule has 0 radical (unpaired) electrons. The lowest BCUT2D eigenvalue weighted by Gasteiger charge is -2.16. The summed E-state index contributed by atoms with van der Waals surface area (Å²) in [6.45, 7) is 10.9. The molecule has 0 aromatic carbocycles. The summed E-state index contributed by atoms with van der Waals surface area (Å²) in [5, 5.41) is 4.34. The van der Waals surface area contributed by atoms with Crippen molar-refractivity contribution in [1.29, 1.82) is 0 Å². The Labute approximate surface area is 116 Å². The molecule has 0 fully saturated rings. The zero-order chi connectivity index (χ0) is 14.7. The summed E-state index contributed by atoms with van der Waals surface area (Å²) in [5.74, 6) is 0.378. The van der Waals surface area contributed by atoms with E-state index in [1.54, 1.807) is 0 Å². The molecule has 0 heterocycles. The summed E-state index contributed by atoms with van der Waals surface area (Å²) in [4.78, 5) is 20.3. The van der Waals surface area contributed by atoms with Crippen LogP contribution in [0, 0.1) is 11.3 Å². The number of ether oxygens (including phenoxy) is 1. The molecular weight excluding hydrogens is 248 g/mol. The van der Waals surface area contributed by atoms with E-state index >= 15 is 0 Å². The van der Waals surface area contributed by atoms with Gasteiger partial charge in [0.25, 0.3) is 0 Å². The number of carbonyl (C=O) groups is 1. The average molecular weight is 276 g/mol. The number of unbranched alkanes of at least 4 members (excludes halogenated alkanes) is 1. The summed E-state index contributed by atoms with van der Waals surface area (Å²) in [7, 11) is 0. The van der Waals surface area contributed by atoms with E-state index in [4.69, 9.17) is 9.62 Å². The fraction of sp³-hybridized carbons (Fsp3) is 0.929. The molecule has 0 aromatic heterocycles. The second kappa shape index (κ2) is 10.0. The second-order valence-corrected chi connectivity index (χ2v) is 5.95. The standard InChI is InChI=1S/C14H28O5/c1-6-8-9-12(7-2)10-16-13(15)18-19-17-11-14(3,4)5/h12H,6-11H2,1-5H3. The van der Waals surface area contributed by atoms with Crippen molar-refractivity contribution in [2.45, 2.75) is 60.3 Å². The van der Waals surface area contributed by atoms with E-state index in [1.807, 2.05) is 20.8 Å². The van der Waals surface area contributed by atoms with Crippen LogP contribution < -0.4 is 0 Å². The molecule has 1 atom stereocenters. The van der Waals surface area contributed by atoms with E-state index in [-0.39, 0.29) is 5.41 Å². The van der Waals surface area contributed by atoms with Crippen molar-refractivity contribution in [3.63, 3.8) is 0 Å². The lowest BCUT2D eigenvalue weighted by Crippen LogP contribution is -2.18. The Balaban J connectivity index is 3.62. The van der Waals surface area contributed by atoms with Crippen LogP contribution in [0.25, 0.3) is 0 Å². The Hall–Kier alpha value is -0.810. The van der Waals surface area contributed by atoms with Crippen LogP contribution in [-0.2, 0) is 19.6 Å². The van der Waals surface area contributed by atoms with E-state index < -0.39 is 6.16 Å². The molecule has 0 aromatic rings. The SMILES string of the molecule is CCCCC(CC)COC(=O)OOOCC(C)(C)C. The van der Waals surface area contributed by atoms with E-state index in [2.05, 4.69) is 23.8 Å². The first kappa shape index (κ1) is 18.2. The molecule has 0 aliphatic heterocycles. The first-order valence-corrected chi connectivity index (χ1v) is 7.02. The molecule has 19 heavy (non-hydrogen) atoms. The van der Waals surface area contributed by atoms with E-state index in [9.17, 15) is 4.79 Å². The number of rotatable bonds is 9. The Morgan fingerprint density at radius 2 is 1.89 bits per heavy atom. The molecule has 0 amide bonds. The highest BCUT2D eigenvalue weighted by molar-refractivity contribution is 5.58. The van der Waals surface area contributed by atoms with Crippen LogP contribution >= 0.6 is 0 Å². The van der Waals surface area contributed by atoms with Crippen molar-refractivity contribution >= 4 is 6.16 Å². The molecule has 0 rings (SSSR count). The fourth-order valence-corrected chi connectivity index (χ4v) is 1.36. The molecule has 0 saturated carbocycles. The largest absolute Gasteiger partial charge is 0.542 e. The third-order valence-corrected chi connectivity index (χ3v) is 2.62. The van der Waals surface area contributed by atoms with Gasteiger partial charge < -0.3 is 4.74 Å². The molecule has 5 heteroatoms. The van der Waals surface area contributed by atoms with Crippen molar-refractivity contribution in [2.75, 3.05) is 13.2 Å². The Morgan fingerprint density at radius 1 is 1.21 bits per heavy atom. The molecule has 114 valence electrons. The zero-order valence-corrected chi connectivity index (χ0v) is 12.9. The molecule has 0 N–H and O–H groups in total. The molecule has 0 bridgehead atoms. The van der Waals surface area contributed by atoms with Crippen LogP contribution in [0.4, 0.5) is 4.79 Å². The molecular formula is C14H28O5. The summed E-state index contributed by atoms with van der Waals surface area (Å²) in [6, 6.07) is 0. The summed E-state index contributed by atoms with van der Waals surface area (Å²) in [6.07, 6.45) is 3.47. The Morgan fingerprint density at radius 3 is 2.42 bits per heavy atom. The zero-order valence-electron chi connectivity index (χ0n) is 12.9. The highest BCUT2D eigenvalue weighted by Gasteiger charge is 2.14. The third-order valence-electron chi connectivity index (χ3n) is 2.62. The maximum Gasteiger partial charge on any atom is 0.542 e. The van der Waals surface area contributed by atoms with Gasteiger partial charge in [-0.05, 0) is 22.8 Å². The Bertz CT molecular complexity index is 234. The summed E-state index contributed by atoms with van der Waals surface area (Å²) in [5.41, 5.74) is -0.0548.